The first-order chi connectivity index (χ1) is 13.2. The van der Waals surface area contributed by atoms with E-state index in [2.05, 4.69) is 4.90 Å². The van der Waals surface area contributed by atoms with E-state index < -0.39 is 0 Å². The molecule has 0 N–H and O–H groups in total. The van der Waals surface area contributed by atoms with Gasteiger partial charge in [0.2, 0.25) is 0 Å². The predicted molar refractivity (Wildman–Crippen MR) is 105 cm³/mol. The van der Waals surface area contributed by atoms with E-state index in [1.54, 1.807) is 7.11 Å². The van der Waals surface area contributed by atoms with Gasteiger partial charge in [0, 0.05) is 12.2 Å². The van der Waals surface area contributed by atoms with Gasteiger partial charge in [0.25, 0.3) is 0 Å². The Morgan fingerprint density at radius 3 is 2.37 bits per heavy atom. The highest BCUT2D eigenvalue weighted by atomic mass is 16.6. The van der Waals surface area contributed by atoms with Crippen LogP contribution in [0, 0.1) is 5.92 Å². The molecule has 1 unspecified atom stereocenters. The zero-order valence-electron chi connectivity index (χ0n) is 15.7. The van der Waals surface area contributed by atoms with Crippen molar-refractivity contribution >= 4 is 11.8 Å². The molecule has 3 heterocycles. The lowest BCUT2D eigenvalue weighted by Crippen LogP contribution is -2.59. The van der Waals surface area contributed by atoms with Crippen molar-refractivity contribution < 1.29 is 14.3 Å². The molecule has 5 heteroatoms. The Bertz CT molecular complexity index is 755. The lowest BCUT2D eigenvalue weighted by molar-refractivity contribution is 0.0778. The molecule has 0 spiro atoms. The summed E-state index contributed by atoms with van der Waals surface area (Å²) in [7, 11) is 1.64. The zero-order chi connectivity index (χ0) is 18.6. The van der Waals surface area contributed by atoms with E-state index in [1.807, 2.05) is 59.5 Å². The molecule has 3 aliphatic rings. The van der Waals surface area contributed by atoms with Crippen LogP contribution in [-0.2, 0) is 11.3 Å². The molecule has 0 saturated carbocycles. The Balaban J connectivity index is 1.50. The lowest BCUT2D eigenvalue weighted by atomic mass is 9.83. The standard InChI is InChI=1S/C22H26N2O3/c1-26-20-9-7-17(8-10-20)16-27-22(25)24(19-5-3-2-4-6-19)21-15-23-13-11-18(21)12-14-23/h2-10,18,21H,11-16H2,1H3. The molecule has 2 aromatic rings. The van der Waals surface area contributed by atoms with Gasteiger partial charge in [-0.1, -0.05) is 30.3 Å². The van der Waals surface area contributed by atoms with Crippen LogP contribution in [0.4, 0.5) is 10.5 Å². The molecule has 5 nitrogen and oxygen atoms in total. The summed E-state index contributed by atoms with van der Waals surface area (Å²) in [4.78, 5) is 17.4. The fourth-order valence-corrected chi connectivity index (χ4v) is 4.18. The molecule has 0 aliphatic carbocycles. The van der Waals surface area contributed by atoms with Gasteiger partial charge >= 0.3 is 6.09 Å². The summed E-state index contributed by atoms with van der Waals surface area (Å²) in [6.45, 7) is 3.47. The quantitative estimate of drug-likeness (QED) is 0.804. The highest BCUT2D eigenvalue weighted by molar-refractivity contribution is 5.88. The Morgan fingerprint density at radius 2 is 1.78 bits per heavy atom. The Hall–Kier alpha value is -2.53. The topological polar surface area (TPSA) is 42.0 Å². The van der Waals surface area contributed by atoms with Gasteiger partial charge in [-0.05, 0) is 61.7 Å². The van der Waals surface area contributed by atoms with E-state index in [4.69, 9.17) is 9.47 Å². The number of piperidine rings is 3. The number of carbonyl (C=O) groups excluding carboxylic acids is 1. The van der Waals surface area contributed by atoms with E-state index in [-0.39, 0.29) is 18.7 Å². The minimum absolute atomic E-state index is 0.179. The SMILES string of the molecule is COc1ccc(COC(=O)N(c2ccccc2)C2CN3CCC2CC3)cc1. The number of hydrogen-bond acceptors (Lipinski definition) is 4. The van der Waals surface area contributed by atoms with E-state index in [1.165, 1.54) is 0 Å². The molecule has 0 aromatic heterocycles. The number of amides is 1. The first-order valence-corrected chi connectivity index (χ1v) is 9.61. The normalized spacial score (nSPS) is 23.7. The second-order valence-corrected chi connectivity index (χ2v) is 7.31. The molecule has 0 radical (unpaired) electrons. The van der Waals surface area contributed by atoms with Gasteiger partial charge in [0.15, 0.2) is 0 Å². The maximum absolute atomic E-state index is 13.1. The molecular weight excluding hydrogens is 340 g/mol. The van der Waals surface area contributed by atoms with Crippen molar-refractivity contribution in [2.45, 2.75) is 25.5 Å². The fourth-order valence-electron chi connectivity index (χ4n) is 4.18. The summed E-state index contributed by atoms with van der Waals surface area (Å²) >= 11 is 0. The van der Waals surface area contributed by atoms with Crippen molar-refractivity contribution in [2.75, 3.05) is 31.6 Å². The number of anilines is 1. The van der Waals surface area contributed by atoms with Gasteiger partial charge in [-0.15, -0.1) is 0 Å². The van der Waals surface area contributed by atoms with Crippen LogP contribution in [0.25, 0.3) is 0 Å². The van der Waals surface area contributed by atoms with Crippen LogP contribution in [0.5, 0.6) is 5.75 Å². The zero-order valence-corrected chi connectivity index (χ0v) is 15.7. The van der Waals surface area contributed by atoms with E-state index in [0.29, 0.717) is 5.92 Å². The molecule has 3 fully saturated rings. The van der Waals surface area contributed by atoms with Crippen LogP contribution in [-0.4, -0.2) is 43.8 Å². The van der Waals surface area contributed by atoms with E-state index in [0.717, 1.165) is 49.5 Å². The second-order valence-electron chi connectivity index (χ2n) is 7.31. The number of ether oxygens (including phenoxy) is 2. The summed E-state index contributed by atoms with van der Waals surface area (Å²) in [5.74, 6) is 1.34. The molecule has 3 aliphatic heterocycles. The van der Waals surface area contributed by atoms with E-state index >= 15 is 0 Å². The molecule has 142 valence electrons. The second kappa shape index (κ2) is 8.01. The Labute approximate surface area is 160 Å². The predicted octanol–water partition coefficient (Wildman–Crippen LogP) is 3.93. The smallest absolute Gasteiger partial charge is 0.414 e. The van der Waals surface area contributed by atoms with Crippen molar-refractivity contribution in [1.82, 2.24) is 4.90 Å². The van der Waals surface area contributed by atoms with Crippen molar-refractivity contribution in [3.63, 3.8) is 0 Å². The minimum atomic E-state index is -0.268. The average Bonchev–Trinajstić information content (AvgIpc) is 2.74. The van der Waals surface area contributed by atoms with Crippen molar-refractivity contribution in [1.29, 1.82) is 0 Å². The Kier molecular flexibility index (Phi) is 5.30. The van der Waals surface area contributed by atoms with Gasteiger partial charge < -0.3 is 14.4 Å². The first kappa shape index (κ1) is 17.9. The number of methoxy groups -OCH3 is 1. The molecular formula is C22H26N2O3. The number of nitrogens with zero attached hydrogens (tertiary/aromatic N) is 2. The number of carbonyl (C=O) groups is 1. The summed E-state index contributed by atoms with van der Waals surface area (Å²) in [6.07, 6.45) is 2.04. The molecule has 1 atom stereocenters. The van der Waals surface area contributed by atoms with Crippen LogP contribution in [0.3, 0.4) is 0 Å². The third-order valence-corrected chi connectivity index (χ3v) is 5.71. The molecule has 27 heavy (non-hydrogen) atoms. The number of fused-ring (bicyclic) bond motifs is 3. The highest BCUT2D eigenvalue weighted by Gasteiger charge is 2.40. The van der Waals surface area contributed by atoms with Crippen molar-refractivity contribution in [3.8, 4) is 5.75 Å². The van der Waals surface area contributed by atoms with Crippen molar-refractivity contribution in [3.05, 3.63) is 60.2 Å². The van der Waals surface area contributed by atoms with Crippen LogP contribution in [0.2, 0.25) is 0 Å². The average molecular weight is 366 g/mol. The summed E-state index contributed by atoms with van der Waals surface area (Å²) < 4.78 is 10.9. The molecule has 1 amide bonds. The van der Waals surface area contributed by atoms with Crippen LogP contribution in [0.15, 0.2) is 54.6 Å². The summed E-state index contributed by atoms with van der Waals surface area (Å²) in [6, 6.07) is 17.7. The monoisotopic (exact) mass is 366 g/mol. The minimum Gasteiger partial charge on any atom is -0.497 e. The van der Waals surface area contributed by atoms with E-state index in [9.17, 15) is 4.79 Å². The van der Waals surface area contributed by atoms with Gasteiger partial charge in [-0.25, -0.2) is 4.79 Å². The Morgan fingerprint density at radius 1 is 1.07 bits per heavy atom. The first-order valence-electron chi connectivity index (χ1n) is 9.61. The lowest BCUT2D eigenvalue weighted by Gasteiger charge is -2.48. The van der Waals surface area contributed by atoms with Crippen LogP contribution < -0.4 is 9.64 Å². The maximum atomic E-state index is 13.1. The van der Waals surface area contributed by atoms with Crippen molar-refractivity contribution in [2.24, 2.45) is 5.92 Å². The molecule has 5 rings (SSSR count). The third kappa shape index (κ3) is 3.93. The van der Waals surface area contributed by atoms with Gasteiger partial charge in [-0.2, -0.15) is 0 Å². The molecule has 2 aromatic carbocycles. The summed E-state index contributed by atoms with van der Waals surface area (Å²) in [5, 5.41) is 0. The van der Waals surface area contributed by atoms with Gasteiger partial charge in [0.05, 0.1) is 13.2 Å². The molecule has 3 saturated heterocycles. The third-order valence-electron chi connectivity index (χ3n) is 5.71. The maximum Gasteiger partial charge on any atom is 0.414 e. The van der Waals surface area contributed by atoms with Gasteiger partial charge in [0.1, 0.15) is 12.4 Å². The summed E-state index contributed by atoms with van der Waals surface area (Å²) in [5.41, 5.74) is 1.86. The van der Waals surface area contributed by atoms with Crippen LogP contribution in [0.1, 0.15) is 18.4 Å². The largest absolute Gasteiger partial charge is 0.497 e. The number of benzene rings is 2. The molecule has 2 bridgehead atoms. The fraction of sp³-hybridized carbons (Fsp3) is 0.409. The van der Waals surface area contributed by atoms with Gasteiger partial charge in [-0.3, -0.25) is 4.90 Å². The number of rotatable bonds is 5. The van der Waals surface area contributed by atoms with Crippen LogP contribution >= 0.6 is 0 Å². The number of hydrogen-bond donors (Lipinski definition) is 0. The highest BCUT2D eigenvalue weighted by Crippen LogP contribution is 2.34. The number of para-hydroxylation sites is 1.